The third-order valence-electron chi connectivity index (χ3n) is 6.83. The second-order valence-electron chi connectivity index (χ2n) is 9.25. The predicted octanol–water partition coefficient (Wildman–Crippen LogP) is 6.22. The molecule has 182 valence electrons. The highest BCUT2D eigenvalue weighted by Crippen LogP contribution is 2.33. The lowest BCUT2D eigenvalue weighted by atomic mass is 9.99. The summed E-state index contributed by atoms with van der Waals surface area (Å²) in [6.45, 7) is 8.07. The standard InChI is InChI=1S/C28H31FN4O2/c1-30-22-14-11-20(12-15-22)26-25(21-13-16-24(35-4)23(29)17-21)27(34)33(3)28(31-26)32(2)18-19-9-7-5-6-8-10-19/h11-17,19H,5-10,18H2,2-4H3. The van der Waals surface area contributed by atoms with Crippen molar-refractivity contribution in [3.8, 4) is 28.1 Å². The number of benzene rings is 2. The minimum Gasteiger partial charge on any atom is -0.494 e. The van der Waals surface area contributed by atoms with Gasteiger partial charge in [-0.3, -0.25) is 9.36 Å². The van der Waals surface area contributed by atoms with Gasteiger partial charge in [0, 0.05) is 20.6 Å². The molecular weight excluding hydrogens is 443 g/mol. The van der Waals surface area contributed by atoms with Crippen LogP contribution in [0.2, 0.25) is 0 Å². The van der Waals surface area contributed by atoms with E-state index in [4.69, 9.17) is 16.3 Å². The summed E-state index contributed by atoms with van der Waals surface area (Å²) in [5.41, 5.74) is 2.16. The van der Waals surface area contributed by atoms with Crippen LogP contribution in [0.1, 0.15) is 38.5 Å². The maximum absolute atomic E-state index is 14.6. The Bertz CT molecular complexity index is 1290. The zero-order valence-electron chi connectivity index (χ0n) is 20.6. The lowest BCUT2D eigenvalue weighted by Gasteiger charge is -2.26. The van der Waals surface area contributed by atoms with Crippen LogP contribution in [0.15, 0.2) is 47.3 Å². The quantitative estimate of drug-likeness (QED) is 0.314. The third-order valence-corrected chi connectivity index (χ3v) is 6.83. The number of hydrogen-bond donors (Lipinski definition) is 0. The van der Waals surface area contributed by atoms with Crippen LogP contribution in [-0.2, 0) is 7.05 Å². The number of anilines is 1. The molecule has 1 aliphatic rings. The summed E-state index contributed by atoms with van der Waals surface area (Å²) < 4.78 is 21.2. The van der Waals surface area contributed by atoms with Crippen molar-refractivity contribution < 1.29 is 9.13 Å². The highest BCUT2D eigenvalue weighted by molar-refractivity contribution is 5.82. The van der Waals surface area contributed by atoms with E-state index in [0.29, 0.717) is 39.9 Å². The number of methoxy groups -OCH3 is 1. The van der Waals surface area contributed by atoms with Crippen molar-refractivity contribution in [2.45, 2.75) is 38.5 Å². The zero-order chi connectivity index (χ0) is 24.9. The van der Waals surface area contributed by atoms with Crippen LogP contribution < -0.4 is 15.2 Å². The summed E-state index contributed by atoms with van der Waals surface area (Å²) in [5.74, 6) is 0.703. The molecule has 1 saturated carbocycles. The van der Waals surface area contributed by atoms with Gasteiger partial charge in [0.15, 0.2) is 17.3 Å². The van der Waals surface area contributed by atoms with E-state index in [2.05, 4.69) is 9.74 Å². The molecule has 0 spiro atoms. The number of aromatic nitrogens is 2. The molecule has 7 heteroatoms. The van der Waals surface area contributed by atoms with Gasteiger partial charge in [0.1, 0.15) is 0 Å². The van der Waals surface area contributed by atoms with Gasteiger partial charge in [-0.05, 0) is 42.0 Å². The second kappa shape index (κ2) is 10.7. The van der Waals surface area contributed by atoms with Crippen LogP contribution >= 0.6 is 0 Å². The molecule has 0 unspecified atom stereocenters. The molecule has 0 atom stereocenters. The van der Waals surface area contributed by atoms with Crippen LogP contribution in [0.3, 0.4) is 0 Å². The first kappa shape index (κ1) is 24.5. The summed E-state index contributed by atoms with van der Waals surface area (Å²) >= 11 is 0. The maximum atomic E-state index is 14.6. The fraction of sp³-hybridized carbons (Fsp3) is 0.393. The molecule has 2 aromatic carbocycles. The van der Waals surface area contributed by atoms with Gasteiger partial charge in [-0.2, -0.15) is 0 Å². The minimum absolute atomic E-state index is 0.112. The Kier molecular flexibility index (Phi) is 7.50. The molecule has 0 bridgehead atoms. The number of halogens is 1. The normalized spacial score (nSPS) is 14.3. The van der Waals surface area contributed by atoms with Gasteiger partial charge < -0.3 is 9.64 Å². The van der Waals surface area contributed by atoms with Crippen molar-refractivity contribution >= 4 is 11.6 Å². The van der Waals surface area contributed by atoms with Gasteiger partial charge in [0.25, 0.3) is 5.56 Å². The molecule has 4 rings (SSSR count). The van der Waals surface area contributed by atoms with Crippen LogP contribution in [-0.4, -0.2) is 30.3 Å². The molecule has 0 radical (unpaired) electrons. The van der Waals surface area contributed by atoms with Crippen LogP contribution in [0.4, 0.5) is 16.0 Å². The Balaban J connectivity index is 1.84. The van der Waals surface area contributed by atoms with Crippen molar-refractivity contribution in [3.63, 3.8) is 0 Å². The molecule has 3 aromatic rings. The highest BCUT2D eigenvalue weighted by atomic mass is 19.1. The Labute approximate surface area is 205 Å². The van der Waals surface area contributed by atoms with Crippen molar-refractivity contribution in [1.82, 2.24) is 9.55 Å². The van der Waals surface area contributed by atoms with Gasteiger partial charge in [-0.25, -0.2) is 14.2 Å². The molecule has 1 fully saturated rings. The first-order chi connectivity index (χ1) is 16.9. The van der Waals surface area contributed by atoms with E-state index in [9.17, 15) is 9.18 Å². The van der Waals surface area contributed by atoms with Gasteiger partial charge in [-0.15, -0.1) is 0 Å². The lowest BCUT2D eigenvalue weighted by molar-refractivity contribution is 0.386. The van der Waals surface area contributed by atoms with Crippen LogP contribution in [0, 0.1) is 18.3 Å². The third kappa shape index (κ3) is 5.22. The van der Waals surface area contributed by atoms with E-state index in [1.54, 1.807) is 41.9 Å². The summed E-state index contributed by atoms with van der Waals surface area (Å²) in [6, 6.07) is 11.5. The van der Waals surface area contributed by atoms with Crippen LogP contribution in [0.25, 0.3) is 27.2 Å². The molecule has 35 heavy (non-hydrogen) atoms. The van der Waals surface area contributed by atoms with Gasteiger partial charge in [0.05, 0.1) is 24.9 Å². The fourth-order valence-electron chi connectivity index (χ4n) is 4.93. The Morgan fingerprint density at radius 1 is 1.11 bits per heavy atom. The van der Waals surface area contributed by atoms with E-state index >= 15 is 0 Å². The molecule has 6 nitrogen and oxygen atoms in total. The smallest absolute Gasteiger partial charge is 0.263 e. The lowest BCUT2D eigenvalue weighted by Crippen LogP contribution is -2.33. The second-order valence-corrected chi connectivity index (χ2v) is 9.25. The Hall–Kier alpha value is -3.66. The van der Waals surface area contributed by atoms with Crippen molar-refractivity contribution in [1.29, 1.82) is 0 Å². The topological polar surface area (TPSA) is 51.7 Å². The molecule has 0 saturated heterocycles. The zero-order valence-corrected chi connectivity index (χ0v) is 20.6. The molecule has 1 heterocycles. The van der Waals surface area contributed by atoms with Crippen LogP contribution in [0.5, 0.6) is 5.75 Å². The SMILES string of the molecule is [C-]#[N+]c1ccc(-c2nc(N(C)CC3CCCCCC3)n(C)c(=O)c2-c2ccc(OC)c(F)c2)cc1. The number of hydrogen-bond acceptors (Lipinski definition) is 4. The maximum Gasteiger partial charge on any atom is 0.263 e. The first-order valence-electron chi connectivity index (χ1n) is 12.1. The molecule has 1 aromatic heterocycles. The number of rotatable bonds is 6. The monoisotopic (exact) mass is 474 g/mol. The Morgan fingerprint density at radius 2 is 1.77 bits per heavy atom. The number of nitrogens with zero attached hydrogens (tertiary/aromatic N) is 4. The Morgan fingerprint density at radius 3 is 2.37 bits per heavy atom. The van der Waals surface area contributed by atoms with Gasteiger partial charge >= 0.3 is 0 Å². The molecule has 0 N–H and O–H groups in total. The van der Waals surface area contributed by atoms with E-state index in [-0.39, 0.29) is 11.3 Å². The summed E-state index contributed by atoms with van der Waals surface area (Å²) in [4.78, 5) is 24.2. The fourth-order valence-corrected chi connectivity index (χ4v) is 4.93. The summed E-state index contributed by atoms with van der Waals surface area (Å²) in [7, 11) is 5.09. The van der Waals surface area contributed by atoms with Crippen molar-refractivity contribution in [3.05, 3.63) is 70.1 Å². The van der Waals surface area contributed by atoms with E-state index in [1.807, 2.05) is 7.05 Å². The van der Waals surface area contributed by atoms with E-state index in [0.717, 1.165) is 6.54 Å². The molecular formula is C28H31FN4O2. The predicted molar refractivity (Wildman–Crippen MR) is 138 cm³/mol. The van der Waals surface area contributed by atoms with E-state index < -0.39 is 5.82 Å². The molecule has 0 amide bonds. The summed E-state index contributed by atoms with van der Waals surface area (Å²) in [6.07, 6.45) is 7.43. The minimum atomic E-state index is -0.545. The number of ether oxygens (including phenoxy) is 1. The van der Waals surface area contributed by atoms with Gasteiger partial charge in [-0.1, -0.05) is 56.0 Å². The van der Waals surface area contributed by atoms with Crippen molar-refractivity contribution in [2.75, 3.05) is 25.6 Å². The average molecular weight is 475 g/mol. The van der Waals surface area contributed by atoms with Crippen molar-refractivity contribution in [2.24, 2.45) is 13.0 Å². The average Bonchev–Trinajstić information content (AvgIpc) is 3.14. The molecule has 0 aliphatic heterocycles. The first-order valence-corrected chi connectivity index (χ1v) is 12.1. The highest BCUT2D eigenvalue weighted by Gasteiger charge is 2.23. The van der Waals surface area contributed by atoms with E-state index in [1.165, 1.54) is 57.8 Å². The largest absolute Gasteiger partial charge is 0.494 e. The molecule has 1 aliphatic carbocycles. The summed E-state index contributed by atoms with van der Waals surface area (Å²) in [5, 5.41) is 0. The van der Waals surface area contributed by atoms with Gasteiger partial charge in [0.2, 0.25) is 5.95 Å².